The van der Waals surface area contributed by atoms with Gasteiger partial charge in [0.15, 0.2) is 5.82 Å². The van der Waals surface area contributed by atoms with Crippen molar-refractivity contribution < 1.29 is 9.90 Å². The summed E-state index contributed by atoms with van der Waals surface area (Å²) in [5.41, 5.74) is 7.60. The van der Waals surface area contributed by atoms with E-state index in [-0.39, 0.29) is 18.1 Å². The average molecular weight is 554 g/mol. The molecule has 3 aliphatic rings. The fraction of sp³-hybridized carbons (Fsp3) is 0.387. The Kier molecular flexibility index (Phi) is 6.32. The van der Waals surface area contributed by atoms with Crippen LogP contribution in [0.25, 0.3) is 11.1 Å². The number of hydrogen-bond acceptors (Lipinski definition) is 6. The molecule has 10 heteroatoms. The fourth-order valence-electron chi connectivity index (χ4n) is 6.68. The molecule has 0 fully saturated rings. The van der Waals surface area contributed by atoms with Crippen LogP contribution in [-0.2, 0) is 46.1 Å². The summed E-state index contributed by atoms with van der Waals surface area (Å²) in [6.45, 7) is 3.59. The lowest BCUT2D eigenvalue weighted by Crippen LogP contribution is -2.41. The monoisotopic (exact) mass is 553 g/mol. The van der Waals surface area contributed by atoms with Gasteiger partial charge in [0.25, 0.3) is 11.5 Å². The predicted molar refractivity (Wildman–Crippen MR) is 158 cm³/mol. The minimum atomic E-state index is -0.236. The first-order valence-electron chi connectivity index (χ1n) is 14.4. The van der Waals surface area contributed by atoms with Crippen LogP contribution in [0.3, 0.4) is 0 Å². The number of rotatable bonds is 5. The highest BCUT2D eigenvalue weighted by molar-refractivity contribution is 6.07. The molecule has 0 atom stereocenters. The summed E-state index contributed by atoms with van der Waals surface area (Å²) < 4.78 is 5.72. The van der Waals surface area contributed by atoms with Gasteiger partial charge in [-0.2, -0.15) is 5.10 Å². The van der Waals surface area contributed by atoms with Crippen molar-refractivity contribution in [2.75, 3.05) is 30.4 Å². The lowest BCUT2D eigenvalue weighted by atomic mass is 9.98. The van der Waals surface area contributed by atoms with Gasteiger partial charge in [-0.15, -0.1) is 0 Å². The number of aromatic nitrogens is 4. The van der Waals surface area contributed by atoms with Crippen molar-refractivity contribution in [3.05, 3.63) is 81.2 Å². The number of hydrogen-bond donors (Lipinski definition) is 2. The predicted octanol–water partition coefficient (Wildman–Crippen LogP) is 3.27. The molecular weight excluding hydrogens is 518 g/mol. The van der Waals surface area contributed by atoms with Crippen LogP contribution in [0.4, 0.5) is 17.2 Å². The van der Waals surface area contributed by atoms with Crippen molar-refractivity contribution >= 4 is 23.1 Å². The van der Waals surface area contributed by atoms with Crippen molar-refractivity contribution in [3.8, 4) is 11.1 Å². The number of nitrogens with one attached hydrogen (secondary N) is 1. The van der Waals surface area contributed by atoms with Crippen LogP contribution < -0.4 is 15.8 Å². The fourth-order valence-corrected chi connectivity index (χ4v) is 6.68. The number of likely N-dealkylation sites (N-methyl/N-ethyl adjacent to an activating group) is 1. The summed E-state index contributed by atoms with van der Waals surface area (Å²) in [5.74, 6) is 0.597. The topological polar surface area (TPSA) is 101 Å². The summed E-state index contributed by atoms with van der Waals surface area (Å²) >= 11 is 0. The maximum Gasteiger partial charge on any atom is 0.274 e. The zero-order valence-corrected chi connectivity index (χ0v) is 23.6. The van der Waals surface area contributed by atoms with E-state index in [1.807, 2.05) is 35.0 Å². The molecule has 2 N–H and O–H groups in total. The van der Waals surface area contributed by atoms with Crippen LogP contribution in [0.1, 0.15) is 45.8 Å². The van der Waals surface area contributed by atoms with Gasteiger partial charge in [0.2, 0.25) is 0 Å². The van der Waals surface area contributed by atoms with E-state index in [2.05, 4.69) is 33.0 Å². The van der Waals surface area contributed by atoms with Crippen molar-refractivity contribution in [1.82, 2.24) is 23.8 Å². The Hall–Kier alpha value is -4.15. The Bertz CT molecular complexity index is 1730. The molecule has 212 valence electrons. The second-order valence-corrected chi connectivity index (χ2v) is 11.4. The van der Waals surface area contributed by atoms with E-state index in [0.717, 1.165) is 61.5 Å². The largest absolute Gasteiger partial charge is 0.392 e. The Balaban J connectivity index is 1.24. The van der Waals surface area contributed by atoms with Gasteiger partial charge in [0.05, 0.1) is 24.5 Å². The van der Waals surface area contributed by atoms with Crippen LogP contribution in [-0.4, -0.2) is 55.0 Å². The highest BCUT2D eigenvalue weighted by atomic mass is 16.3. The maximum atomic E-state index is 13.8. The standard InChI is InChI=1S/C31H35N7O3/c1-34-10-13-38-22(18-34)16-29(33-38)32-25-14-21(17-35(2)30(25)40)23-7-5-9-27(24(23)19-39)37-12-11-36-26-8-4-3-6-20(26)15-28(36)31(37)41/h5,7,9,14-17,39H,3-4,6,8,10-13,18-19H2,1-2H3,(H,32,33). The Morgan fingerprint density at radius 1 is 1.00 bits per heavy atom. The first-order valence-corrected chi connectivity index (χ1v) is 14.4. The molecule has 0 saturated carbocycles. The van der Waals surface area contributed by atoms with Crippen LogP contribution in [0.2, 0.25) is 0 Å². The van der Waals surface area contributed by atoms with Crippen molar-refractivity contribution in [1.29, 1.82) is 0 Å². The van der Waals surface area contributed by atoms with Crippen molar-refractivity contribution in [2.45, 2.75) is 51.9 Å². The molecule has 0 unspecified atom stereocenters. The zero-order chi connectivity index (χ0) is 28.2. The van der Waals surface area contributed by atoms with Crippen molar-refractivity contribution in [2.24, 2.45) is 7.05 Å². The summed E-state index contributed by atoms with van der Waals surface area (Å²) in [6.07, 6.45) is 6.17. The smallest absolute Gasteiger partial charge is 0.274 e. The molecule has 2 aliphatic heterocycles. The molecule has 4 aromatic rings. The molecule has 41 heavy (non-hydrogen) atoms. The number of amides is 1. The Morgan fingerprint density at radius 2 is 1.85 bits per heavy atom. The molecule has 0 saturated heterocycles. The molecule has 1 aromatic carbocycles. The van der Waals surface area contributed by atoms with Gasteiger partial charge in [-0.1, -0.05) is 12.1 Å². The van der Waals surface area contributed by atoms with Crippen LogP contribution in [0, 0.1) is 0 Å². The third kappa shape index (κ3) is 4.38. The molecule has 10 nitrogen and oxygen atoms in total. The third-order valence-electron chi connectivity index (χ3n) is 8.77. The number of aliphatic hydroxyl groups excluding tert-OH is 1. The van der Waals surface area contributed by atoms with Gasteiger partial charge in [-0.05, 0) is 62.1 Å². The summed E-state index contributed by atoms with van der Waals surface area (Å²) in [7, 11) is 3.80. The number of benzene rings is 1. The number of carbonyl (C=O) groups excluding carboxylic acids is 1. The lowest BCUT2D eigenvalue weighted by molar-refractivity contribution is 0.0964. The number of nitrogens with zero attached hydrogens (tertiary/aromatic N) is 6. The van der Waals surface area contributed by atoms with Gasteiger partial charge < -0.3 is 24.5 Å². The summed E-state index contributed by atoms with van der Waals surface area (Å²) in [5, 5.41) is 18.5. The number of aryl methyl sites for hydroxylation is 2. The normalized spacial score (nSPS) is 16.9. The molecule has 0 radical (unpaired) electrons. The van der Waals surface area contributed by atoms with E-state index in [0.29, 0.717) is 29.3 Å². The summed E-state index contributed by atoms with van der Waals surface area (Å²) in [4.78, 5) is 30.9. The van der Waals surface area contributed by atoms with Gasteiger partial charge in [0, 0.05) is 62.3 Å². The lowest BCUT2D eigenvalue weighted by Gasteiger charge is -2.31. The number of fused-ring (bicyclic) bond motifs is 4. The molecule has 1 aliphatic carbocycles. The molecule has 0 bridgehead atoms. The quantitative estimate of drug-likeness (QED) is 0.394. The minimum Gasteiger partial charge on any atom is -0.392 e. The minimum absolute atomic E-state index is 0.0327. The number of anilines is 3. The SMILES string of the molecule is CN1CCn2nc(Nc3cc(-c4cccc(N5CCn6c(cc7c6CCCC7)C5=O)c4CO)cn(C)c3=O)cc2C1. The molecule has 3 aromatic heterocycles. The van der Waals surface area contributed by atoms with Crippen LogP contribution in [0.15, 0.2) is 47.4 Å². The highest BCUT2D eigenvalue weighted by Crippen LogP contribution is 2.36. The Labute approximate surface area is 238 Å². The van der Waals surface area contributed by atoms with Crippen LogP contribution >= 0.6 is 0 Å². The Morgan fingerprint density at radius 3 is 2.71 bits per heavy atom. The van der Waals surface area contributed by atoms with E-state index in [9.17, 15) is 14.7 Å². The van der Waals surface area contributed by atoms with E-state index < -0.39 is 0 Å². The second-order valence-electron chi connectivity index (χ2n) is 11.4. The number of pyridine rings is 1. The number of carbonyl (C=O) groups is 1. The van der Waals surface area contributed by atoms with Crippen LogP contribution in [0.5, 0.6) is 0 Å². The van der Waals surface area contributed by atoms with E-state index in [1.165, 1.54) is 24.1 Å². The first kappa shape index (κ1) is 25.8. The van der Waals surface area contributed by atoms with E-state index in [1.54, 1.807) is 22.7 Å². The zero-order valence-electron chi connectivity index (χ0n) is 23.6. The average Bonchev–Trinajstić information content (AvgIpc) is 3.56. The highest BCUT2D eigenvalue weighted by Gasteiger charge is 2.31. The first-order chi connectivity index (χ1) is 19.9. The second kappa shape index (κ2) is 10.0. The van der Waals surface area contributed by atoms with Gasteiger partial charge in [-0.3, -0.25) is 19.2 Å². The summed E-state index contributed by atoms with van der Waals surface area (Å²) in [6, 6.07) is 11.6. The van der Waals surface area contributed by atoms with Gasteiger partial charge in [-0.25, -0.2) is 0 Å². The van der Waals surface area contributed by atoms with Crippen molar-refractivity contribution in [3.63, 3.8) is 0 Å². The molecule has 5 heterocycles. The van der Waals surface area contributed by atoms with Gasteiger partial charge in [0.1, 0.15) is 11.4 Å². The number of aliphatic hydroxyl groups is 1. The molecule has 1 amide bonds. The third-order valence-corrected chi connectivity index (χ3v) is 8.77. The van der Waals surface area contributed by atoms with E-state index in [4.69, 9.17) is 0 Å². The molecule has 0 spiro atoms. The van der Waals surface area contributed by atoms with Gasteiger partial charge >= 0.3 is 0 Å². The molecule has 7 rings (SSSR count). The maximum absolute atomic E-state index is 13.8. The van der Waals surface area contributed by atoms with E-state index >= 15 is 0 Å². The molecular formula is C31H35N7O3.